The SMILES string of the molecule is NC(=O)C(OC(=O)c1ccc(N2CCCC2)nn1)c1ccc(F)cc1. The number of hydrogen-bond acceptors (Lipinski definition) is 6. The molecule has 1 aromatic carbocycles. The van der Waals surface area contributed by atoms with Gasteiger partial charge in [-0.1, -0.05) is 12.1 Å². The van der Waals surface area contributed by atoms with E-state index in [9.17, 15) is 14.0 Å². The van der Waals surface area contributed by atoms with E-state index in [0.717, 1.165) is 38.1 Å². The summed E-state index contributed by atoms with van der Waals surface area (Å²) in [5, 5.41) is 7.89. The number of esters is 1. The Morgan fingerprint density at radius 3 is 2.32 bits per heavy atom. The van der Waals surface area contributed by atoms with Crippen molar-refractivity contribution in [2.45, 2.75) is 18.9 Å². The molecular formula is C17H17FN4O3. The van der Waals surface area contributed by atoms with Crippen LogP contribution in [0.5, 0.6) is 0 Å². The lowest BCUT2D eigenvalue weighted by molar-refractivity contribution is -0.127. The van der Waals surface area contributed by atoms with Crippen LogP contribution in [0.15, 0.2) is 36.4 Å². The van der Waals surface area contributed by atoms with Crippen LogP contribution in [0.25, 0.3) is 0 Å². The molecule has 2 heterocycles. The number of ether oxygens (including phenoxy) is 1. The van der Waals surface area contributed by atoms with E-state index in [2.05, 4.69) is 15.1 Å². The number of primary amides is 1. The second-order valence-corrected chi connectivity index (χ2v) is 5.71. The van der Waals surface area contributed by atoms with Crippen molar-refractivity contribution in [3.05, 3.63) is 53.5 Å². The van der Waals surface area contributed by atoms with E-state index in [1.807, 2.05) is 0 Å². The van der Waals surface area contributed by atoms with Gasteiger partial charge >= 0.3 is 5.97 Å². The first-order chi connectivity index (χ1) is 12.0. The van der Waals surface area contributed by atoms with Gasteiger partial charge in [0.05, 0.1) is 0 Å². The van der Waals surface area contributed by atoms with E-state index >= 15 is 0 Å². The molecule has 130 valence electrons. The molecule has 7 nitrogen and oxygen atoms in total. The Bertz CT molecular complexity index is 758. The quantitative estimate of drug-likeness (QED) is 0.827. The lowest BCUT2D eigenvalue weighted by atomic mass is 10.1. The summed E-state index contributed by atoms with van der Waals surface area (Å²) in [4.78, 5) is 25.9. The highest BCUT2D eigenvalue weighted by atomic mass is 19.1. The smallest absolute Gasteiger partial charge is 0.359 e. The van der Waals surface area contributed by atoms with Crippen LogP contribution in [0.1, 0.15) is 35.0 Å². The van der Waals surface area contributed by atoms with Crippen LogP contribution in [-0.2, 0) is 9.53 Å². The lowest BCUT2D eigenvalue weighted by Crippen LogP contribution is -2.27. The number of rotatable bonds is 5. The molecule has 0 saturated carbocycles. The number of carbonyl (C=O) groups excluding carboxylic acids is 2. The first-order valence-corrected chi connectivity index (χ1v) is 7.89. The number of benzene rings is 1. The van der Waals surface area contributed by atoms with Crippen molar-refractivity contribution in [1.29, 1.82) is 0 Å². The topological polar surface area (TPSA) is 98.4 Å². The average Bonchev–Trinajstić information content (AvgIpc) is 3.15. The van der Waals surface area contributed by atoms with Crippen LogP contribution >= 0.6 is 0 Å². The third kappa shape index (κ3) is 3.90. The van der Waals surface area contributed by atoms with E-state index in [1.165, 1.54) is 18.2 Å². The molecule has 1 aliphatic heterocycles. The molecule has 25 heavy (non-hydrogen) atoms. The predicted molar refractivity (Wildman–Crippen MR) is 87.2 cm³/mol. The standard InChI is InChI=1S/C17H17FN4O3/c18-12-5-3-11(4-6-12)15(16(19)23)25-17(24)13-7-8-14(21-20-13)22-9-1-2-10-22/h3-8,15H,1-2,9-10H2,(H2,19,23). The summed E-state index contributed by atoms with van der Waals surface area (Å²) in [6.45, 7) is 1.82. The Balaban J connectivity index is 1.72. The third-order valence-electron chi connectivity index (χ3n) is 3.95. The summed E-state index contributed by atoms with van der Waals surface area (Å²) in [5.74, 6) is -1.46. The summed E-state index contributed by atoms with van der Waals surface area (Å²) in [7, 11) is 0. The largest absolute Gasteiger partial charge is 0.443 e. The van der Waals surface area contributed by atoms with Gasteiger partial charge in [0.1, 0.15) is 5.82 Å². The molecule has 2 aromatic rings. The van der Waals surface area contributed by atoms with Crippen molar-refractivity contribution in [2.75, 3.05) is 18.0 Å². The van der Waals surface area contributed by atoms with Gasteiger partial charge in [0.2, 0.25) is 6.10 Å². The fourth-order valence-electron chi connectivity index (χ4n) is 2.64. The maximum absolute atomic E-state index is 13.0. The Hall–Kier alpha value is -3.03. The molecule has 0 spiro atoms. The molecule has 1 amide bonds. The fraction of sp³-hybridized carbons (Fsp3) is 0.294. The van der Waals surface area contributed by atoms with Crippen LogP contribution < -0.4 is 10.6 Å². The van der Waals surface area contributed by atoms with Crippen molar-refractivity contribution in [1.82, 2.24) is 10.2 Å². The fourth-order valence-corrected chi connectivity index (χ4v) is 2.64. The van der Waals surface area contributed by atoms with E-state index < -0.39 is 23.8 Å². The number of aromatic nitrogens is 2. The van der Waals surface area contributed by atoms with E-state index in [4.69, 9.17) is 10.5 Å². The molecule has 0 bridgehead atoms. The number of nitrogens with zero attached hydrogens (tertiary/aromatic N) is 3. The van der Waals surface area contributed by atoms with E-state index in [-0.39, 0.29) is 11.3 Å². The van der Waals surface area contributed by atoms with Crippen LogP contribution in [-0.4, -0.2) is 35.2 Å². The summed E-state index contributed by atoms with van der Waals surface area (Å²) in [5.41, 5.74) is 5.54. The minimum Gasteiger partial charge on any atom is -0.443 e. The molecule has 3 rings (SSSR count). The van der Waals surface area contributed by atoms with E-state index in [0.29, 0.717) is 5.82 Å². The van der Waals surface area contributed by atoms with E-state index in [1.54, 1.807) is 6.07 Å². The molecule has 1 saturated heterocycles. The summed E-state index contributed by atoms with van der Waals surface area (Å²) in [6.07, 6.45) is 0.875. The summed E-state index contributed by atoms with van der Waals surface area (Å²) in [6, 6.07) is 8.16. The Morgan fingerprint density at radius 1 is 1.08 bits per heavy atom. The second-order valence-electron chi connectivity index (χ2n) is 5.71. The number of anilines is 1. The number of nitrogens with two attached hydrogens (primary N) is 1. The summed E-state index contributed by atoms with van der Waals surface area (Å²) >= 11 is 0. The molecule has 1 atom stereocenters. The van der Waals surface area contributed by atoms with Crippen molar-refractivity contribution >= 4 is 17.7 Å². The normalized spacial score (nSPS) is 15.0. The Labute approximate surface area is 143 Å². The number of hydrogen-bond donors (Lipinski definition) is 1. The van der Waals surface area contributed by atoms with Gasteiger partial charge in [-0.3, -0.25) is 4.79 Å². The molecular weight excluding hydrogens is 327 g/mol. The predicted octanol–water partition coefficient (Wildman–Crippen LogP) is 1.60. The molecule has 1 aromatic heterocycles. The average molecular weight is 344 g/mol. The zero-order valence-corrected chi connectivity index (χ0v) is 13.4. The number of amides is 1. The van der Waals surface area contributed by atoms with Crippen LogP contribution in [0.4, 0.5) is 10.2 Å². The van der Waals surface area contributed by atoms with Gasteiger partial charge < -0.3 is 15.4 Å². The van der Waals surface area contributed by atoms with Gasteiger partial charge in [-0.25, -0.2) is 9.18 Å². The molecule has 1 fully saturated rings. The second kappa shape index (κ2) is 7.25. The Kier molecular flexibility index (Phi) is 4.87. The monoisotopic (exact) mass is 344 g/mol. The highest BCUT2D eigenvalue weighted by molar-refractivity contribution is 5.90. The van der Waals surface area contributed by atoms with Crippen LogP contribution in [0, 0.1) is 5.82 Å². The van der Waals surface area contributed by atoms with Gasteiger partial charge in [-0.15, -0.1) is 10.2 Å². The number of halogens is 1. The van der Waals surface area contributed by atoms with Crippen molar-refractivity contribution in [3.63, 3.8) is 0 Å². The zero-order valence-electron chi connectivity index (χ0n) is 13.4. The van der Waals surface area contributed by atoms with Gasteiger partial charge in [0, 0.05) is 18.7 Å². The van der Waals surface area contributed by atoms with Crippen molar-refractivity contribution < 1.29 is 18.7 Å². The maximum Gasteiger partial charge on any atom is 0.359 e. The van der Waals surface area contributed by atoms with Crippen molar-refractivity contribution in [2.24, 2.45) is 5.73 Å². The molecule has 0 radical (unpaired) electrons. The van der Waals surface area contributed by atoms with Gasteiger partial charge in [0.15, 0.2) is 11.5 Å². The highest BCUT2D eigenvalue weighted by Gasteiger charge is 2.24. The van der Waals surface area contributed by atoms with Gasteiger partial charge in [-0.2, -0.15) is 0 Å². The minimum atomic E-state index is -1.33. The third-order valence-corrected chi connectivity index (χ3v) is 3.95. The highest BCUT2D eigenvalue weighted by Crippen LogP contribution is 2.20. The molecule has 8 heteroatoms. The minimum absolute atomic E-state index is 0.0312. The Morgan fingerprint density at radius 2 is 1.76 bits per heavy atom. The lowest BCUT2D eigenvalue weighted by Gasteiger charge is -2.16. The molecule has 1 aliphatic rings. The zero-order chi connectivity index (χ0) is 17.8. The van der Waals surface area contributed by atoms with Crippen molar-refractivity contribution in [3.8, 4) is 0 Å². The van der Waals surface area contributed by atoms with Crippen LogP contribution in [0.3, 0.4) is 0 Å². The molecule has 1 unspecified atom stereocenters. The summed E-state index contributed by atoms with van der Waals surface area (Å²) < 4.78 is 18.1. The van der Waals surface area contributed by atoms with Gasteiger partial charge in [-0.05, 0) is 37.1 Å². The maximum atomic E-state index is 13.0. The molecule has 0 aliphatic carbocycles. The van der Waals surface area contributed by atoms with Gasteiger partial charge in [0.25, 0.3) is 5.91 Å². The van der Waals surface area contributed by atoms with Crippen LogP contribution in [0.2, 0.25) is 0 Å². The number of carbonyl (C=O) groups is 2. The molecule has 2 N–H and O–H groups in total. The first-order valence-electron chi connectivity index (χ1n) is 7.89. The first kappa shape index (κ1) is 16.8.